The molecule has 0 aliphatic carbocycles. The van der Waals surface area contributed by atoms with Crippen molar-refractivity contribution in [3.05, 3.63) is 17.0 Å². The van der Waals surface area contributed by atoms with E-state index in [4.69, 9.17) is 4.74 Å². The van der Waals surface area contributed by atoms with Gasteiger partial charge in [-0.1, -0.05) is 0 Å². The van der Waals surface area contributed by atoms with Crippen LogP contribution in [0.4, 0.5) is 0 Å². The van der Waals surface area contributed by atoms with Gasteiger partial charge >= 0.3 is 0 Å². The third-order valence-electron chi connectivity index (χ3n) is 3.93. The van der Waals surface area contributed by atoms with Crippen molar-refractivity contribution in [2.45, 2.75) is 20.0 Å². The third-order valence-corrected chi connectivity index (χ3v) is 3.93. The molecule has 2 aliphatic rings. The van der Waals surface area contributed by atoms with E-state index in [0.29, 0.717) is 32.0 Å². The Kier molecular flexibility index (Phi) is 3.28. The largest absolute Gasteiger partial charge is 0.378 e. The molecule has 1 aromatic rings. The Morgan fingerprint density at radius 3 is 2.68 bits per heavy atom. The van der Waals surface area contributed by atoms with Crippen LogP contribution in [0.1, 0.15) is 21.7 Å². The lowest BCUT2D eigenvalue weighted by molar-refractivity contribution is 0.0298. The Morgan fingerprint density at radius 2 is 1.95 bits per heavy atom. The van der Waals surface area contributed by atoms with Gasteiger partial charge in [0.05, 0.1) is 25.5 Å². The molecule has 1 fully saturated rings. The summed E-state index contributed by atoms with van der Waals surface area (Å²) in [5.41, 5.74) is 2.82. The highest BCUT2D eigenvalue weighted by Gasteiger charge is 2.27. The van der Waals surface area contributed by atoms with Gasteiger partial charge in [0.1, 0.15) is 0 Å². The molecule has 0 unspecified atom stereocenters. The van der Waals surface area contributed by atoms with Gasteiger partial charge in [0, 0.05) is 31.7 Å². The highest BCUT2D eigenvalue weighted by molar-refractivity contribution is 5.94. The van der Waals surface area contributed by atoms with Crippen LogP contribution in [0.15, 0.2) is 0 Å². The molecule has 0 radical (unpaired) electrons. The summed E-state index contributed by atoms with van der Waals surface area (Å²) in [4.78, 5) is 16.6. The van der Waals surface area contributed by atoms with Gasteiger partial charge < -0.3 is 9.64 Å². The van der Waals surface area contributed by atoms with E-state index in [1.165, 1.54) is 5.69 Å². The number of carbonyl (C=O) groups is 1. The van der Waals surface area contributed by atoms with Crippen molar-refractivity contribution < 1.29 is 9.53 Å². The van der Waals surface area contributed by atoms with Gasteiger partial charge in [-0.25, -0.2) is 0 Å². The van der Waals surface area contributed by atoms with Crippen molar-refractivity contribution >= 4 is 5.91 Å². The van der Waals surface area contributed by atoms with Crippen molar-refractivity contribution in [1.82, 2.24) is 19.6 Å². The molecule has 0 aromatic carbocycles. The van der Waals surface area contributed by atoms with Crippen molar-refractivity contribution in [3.63, 3.8) is 0 Å². The molecule has 1 aromatic heterocycles. The summed E-state index contributed by atoms with van der Waals surface area (Å²) < 4.78 is 7.27. The van der Waals surface area contributed by atoms with Gasteiger partial charge in [-0.2, -0.15) is 5.10 Å². The highest BCUT2D eigenvalue weighted by Crippen LogP contribution is 2.20. The summed E-state index contributed by atoms with van der Waals surface area (Å²) in [7, 11) is 2.10. The maximum atomic E-state index is 12.5. The number of fused-ring (bicyclic) bond motifs is 1. The lowest BCUT2D eigenvalue weighted by Gasteiger charge is -2.26. The number of hydrogen-bond donors (Lipinski definition) is 0. The van der Waals surface area contributed by atoms with E-state index in [2.05, 4.69) is 17.0 Å². The first-order chi connectivity index (χ1) is 9.16. The van der Waals surface area contributed by atoms with Crippen LogP contribution in [0, 0.1) is 6.92 Å². The molecule has 1 amide bonds. The average molecular weight is 264 g/mol. The normalized spacial score (nSPS) is 20.4. The molecular formula is C13H20N4O2. The Labute approximate surface area is 112 Å². The molecule has 0 N–H and O–H groups in total. The van der Waals surface area contributed by atoms with Crippen LogP contribution in [0.25, 0.3) is 0 Å². The van der Waals surface area contributed by atoms with Crippen LogP contribution in [0.2, 0.25) is 0 Å². The lowest BCUT2D eigenvalue weighted by Crippen LogP contribution is -2.41. The number of ether oxygens (including phenoxy) is 1. The molecule has 6 heteroatoms. The number of rotatable bonds is 1. The fourth-order valence-electron chi connectivity index (χ4n) is 2.69. The Balaban J connectivity index is 1.86. The first-order valence-corrected chi connectivity index (χ1v) is 6.78. The van der Waals surface area contributed by atoms with Crippen molar-refractivity contribution in [2.24, 2.45) is 0 Å². The number of aromatic nitrogens is 2. The summed E-state index contributed by atoms with van der Waals surface area (Å²) >= 11 is 0. The summed E-state index contributed by atoms with van der Waals surface area (Å²) in [5, 5.41) is 4.52. The van der Waals surface area contributed by atoms with Crippen molar-refractivity contribution in [1.29, 1.82) is 0 Å². The van der Waals surface area contributed by atoms with Gasteiger partial charge in [-0.15, -0.1) is 0 Å². The quantitative estimate of drug-likeness (QED) is 0.722. The first kappa shape index (κ1) is 12.6. The van der Waals surface area contributed by atoms with Gasteiger partial charge in [0.25, 0.3) is 5.91 Å². The minimum Gasteiger partial charge on any atom is -0.378 e. The van der Waals surface area contributed by atoms with Crippen LogP contribution >= 0.6 is 0 Å². The van der Waals surface area contributed by atoms with Crippen LogP contribution in [-0.2, 0) is 17.8 Å². The summed E-state index contributed by atoms with van der Waals surface area (Å²) in [6.07, 6.45) is 0. The molecule has 3 rings (SSSR count). The van der Waals surface area contributed by atoms with Gasteiger partial charge in [0.2, 0.25) is 0 Å². The molecule has 0 saturated carbocycles. The third kappa shape index (κ3) is 2.26. The van der Waals surface area contributed by atoms with E-state index >= 15 is 0 Å². The molecule has 6 nitrogen and oxygen atoms in total. The summed E-state index contributed by atoms with van der Waals surface area (Å²) in [6, 6.07) is 0. The van der Waals surface area contributed by atoms with E-state index in [-0.39, 0.29) is 5.91 Å². The zero-order valence-electron chi connectivity index (χ0n) is 11.6. The minimum atomic E-state index is 0.0466. The fraction of sp³-hybridized carbons (Fsp3) is 0.692. The SMILES string of the molecule is Cc1c(C(=O)N2CCOCC2)nn2c1CN(C)CC2. The number of hydrogen-bond acceptors (Lipinski definition) is 4. The maximum Gasteiger partial charge on any atom is 0.274 e. The first-order valence-electron chi connectivity index (χ1n) is 6.78. The van der Waals surface area contributed by atoms with E-state index in [1.807, 2.05) is 16.5 Å². The molecule has 2 aliphatic heterocycles. The number of amides is 1. The van der Waals surface area contributed by atoms with Crippen LogP contribution < -0.4 is 0 Å². The number of nitrogens with zero attached hydrogens (tertiary/aromatic N) is 4. The second kappa shape index (κ2) is 4.94. The summed E-state index contributed by atoms with van der Waals surface area (Å²) in [5.74, 6) is 0.0466. The van der Waals surface area contributed by atoms with E-state index in [9.17, 15) is 4.79 Å². The maximum absolute atomic E-state index is 12.5. The molecular weight excluding hydrogens is 244 g/mol. The number of likely N-dealkylation sites (N-methyl/N-ethyl adjacent to an activating group) is 1. The smallest absolute Gasteiger partial charge is 0.274 e. The Hall–Kier alpha value is -1.40. The second-order valence-electron chi connectivity index (χ2n) is 5.29. The Bertz CT molecular complexity index is 491. The average Bonchev–Trinajstić information content (AvgIpc) is 2.76. The highest BCUT2D eigenvalue weighted by atomic mass is 16.5. The monoisotopic (exact) mass is 264 g/mol. The minimum absolute atomic E-state index is 0.0466. The molecule has 3 heterocycles. The fourth-order valence-corrected chi connectivity index (χ4v) is 2.69. The molecule has 104 valence electrons. The number of carbonyl (C=O) groups excluding carboxylic acids is 1. The Morgan fingerprint density at radius 1 is 1.21 bits per heavy atom. The predicted octanol–water partition coefficient (Wildman–Crippen LogP) is 0.109. The van der Waals surface area contributed by atoms with E-state index in [1.54, 1.807) is 0 Å². The van der Waals surface area contributed by atoms with E-state index < -0.39 is 0 Å². The molecule has 1 saturated heterocycles. The zero-order chi connectivity index (χ0) is 13.4. The molecule has 0 atom stereocenters. The molecule has 19 heavy (non-hydrogen) atoms. The molecule has 0 spiro atoms. The van der Waals surface area contributed by atoms with E-state index in [0.717, 1.165) is 25.2 Å². The zero-order valence-corrected chi connectivity index (χ0v) is 11.6. The molecule has 0 bridgehead atoms. The second-order valence-corrected chi connectivity index (χ2v) is 5.29. The van der Waals surface area contributed by atoms with Crippen LogP contribution in [0.5, 0.6) is 0 Å². The van der Waals surface area contributed by atoms with Crippen LogP contribution in [0.3, 0.4) is 0 Å². The number of morpholine rings is 1. The van der Waals surface area contributed by atoms with Crippen molar-refractivity contribution in [2.75, 3.05) is 39.9 Å². The van der Waals surface area contributed by atoms with Gasteiger partial charge in [-0.05, 0) is 14.0 Å². The van der Waals surface area contributed by atoms with Gasteiger partial charge in [0.15, 0.2) is 5.69 Å². The lowest BCUT2D eigenvalue weighted by atomic mass is 10.1. The van der Waals surface area contributed by atoms with Crippen molar-refractivity contribution in [3.8, 4) is 0 Å². The standard InChI is InChI=1S/C13H20N4O2/c1-10-11-9-15(2)3-4-17(11)14-12(10)13(18)16-5-7-19-8-6-16/h3-9H2,1-2H3. The summed E-state index contributed by atoms with van der Waals surface area (Å²) in [6.45, 7) is 7.31. The topological polar surface area (TPSA) is 50.6 Å². The van der Waals surface area contributed by atoms with Gasteiger partial charge in [-0.3, -0.25) is 14.4 Å². The van der Waals surface area contributed by atoms with Crippen LogP contribution in [-0.4, -0.2) is 65.4 Å². The predicted molar refractivity (Wildman–Crippen MR) is 70.0 cm³/mol.